The quantitative estimate of drug-likeness (QED) is 0.696. The molecule has 0 fully saturated rings. The number of hydrogen-bond donors (Lipinski definition) is 2. The van der Waals surface area contributed by atoms with Crippen molar-refractivity contribution in [1.82, 2.24) is 4.72 Å². The van der Waals surface area contributed by atoms with Crippen molar-refractivity contribution >= 4 is 21.8 Å². The van der Waals surface area contributed by atoms with Crippen LogP contribution in [0.2, 0.25) is 0 Å². The Morgan fingerprint density at radius 2 is 1.62 bits per heavy atom. The summed E-state index contributed by atoms with van der Waals surface area (Å²) in [7, 11) is -3.75. The summed E-state index contributed by atoms with van der Waals surface area (Å²) >= 11 is 0. The standard InChI is InChI=1S/C16H15NO6S/c18-15(10-17-24(21,22)14-4-2-1-3-5-14)12-6-8-13(9-7-12)23-11-16(19)20/h1-9,17H,10-11H2,(H,19,20). The summed E-state index contributed by atoms with van der Waals surface area (Å²) in [5.41, 5.74) is 0.286. The number of ketones is 1. The summed E-state index contributed by atoms with van der Waals surface area (Å²) in [6, 6.07) is 13.5. The van der Waals surface area contributed by atoms with Crippen LogP contribution in [0, 0.1) is 0 Å². The Hall–Kier alpha value is -2.71. The largest absolute Gasteiger partial charge is 0.482 e. The molecule has 0 saturated carbocycles. The number of aliphatic carboxylic acids is 1. The average molecular weight is 349 g/mol. The molecule has 0 bridgehead atoms. The number of ether oxygens (including phenoxy) is 1. The maximum atomic E-state index is 12.0. The van der Waals surface area contributed by atoms with Gasteiger partial charge in [-0.3, -0.25) is 4.79 Å². The van der Waals surface area contributed by atoms with Crippen LogP contribution in [-0.2, 0) is 14.8 Å². The van der Waals surface area contributed by atoms with Crippen molar-refractivity contribution in [2.24, 2.45) is 0 Å². The van der Waals surface area contributed by atoms with Crippen LogP contribution in [0.4, 0.5) is 0 Å². The van der Waals surface area contributed by atoms with Crippen molar-refractivity contribution in [3.8, 4) is 5.75 Å². The number of carboxylic acid groups (broad SMARTS) is 1. The zero-order valence-electron chi connectivity index (χ0n) is 12.5. The Kier molecular flexibility index (Phi) is 5.67. The monoisotopic (exact) mass is 349 g/mol. The minimum Gasteiger partial charge on any atom is -0.482 e. The number of carbonyl (C=O) groups excluding carboxylic acids is 1. The van der Waals surface area contributed by atoms with Gasteiger partial charge in [-0.1, -0.05) is 18.2 Å². The molecule has 7 nitrogen and oxygen atoms in total. The Morgan fingerprint density at radius 3 is 2.21 bits per heavy atom. The summed E-state index contributed by atoms with van der Waals surface area (Å²) in [6.45, 7) is -0.864. The number of rotatable bonds is 8. The minimum absolute atomic E-state index is 0.0789. The molecule has 0 spiro atoms. The van der Waals surface area contributed by atoms with E-state index in [1.807, 2.05) is 0 Å². The van der Waals surface area contributed by atoms with Crippen molar-refractivity contribution in [3.63, 3.8) is 0 Å². The van der Waals surface area contributed by atoms with Gasteiger partial charge in [0.1, 0.15) is 5.75 Å². The molecule has 126 valence electrons. The van der Waals surface area contributed by atoms with Gasteiger partial charge in [0.2, 0.25) is 10.0 Å². The average Bonchev–Trinajstić information content (AvgIpc) is 2.59. The van der Waals surface area contributed by atoms with Crippen LogP contribution < -0.4 is 9.46 Å². The van der Waals surface area contributed by atoms with Gasteiger partial charge in [0.05, 0.1) is 11.4 Å². The van der Waals surface area contributed by atoms with Crippen LogP contribution in [-0.4, -0.2) is 38.4 Å². The number of Topliss-reactive ketones (excluding diaryl/α,β-unsaturated/α-hetero) is 1. The number of benzene rings is 2. The van der Waals surface area contributed by atoms with E-state index >= 15 is 0 Å². The molecule has 0 heterocycles. The van der Waals surface area contributed by atoms with Crippen LogP contribution in [0.5, 0.6) is 5.75 Å². The molecule has 0 amide bonds. The summed E-state index contributed by atoms with van der Waals surface area (Å²) in [6.07, 6.45) is 0. The molecule has 0 atom stereocenters. The molecule has 2 rings (SSSR count). The summed E-state index contributed by atoms with van der Waals surface area (Å²) in [4.78, 5) is 22.5. The Balaban J connectivity index is 1.96. The molecule has 0 aliphatic carbocycles. The van der Waals surface area contributed by atoms with Gasteiger partial charge < -0.3 is 9.84 Å². The summed E-state index contributed by atoms with van der Waals surface area (Å²) < 4.78 is 31.3. The van der Waals surface area contributed by atoms with Crippen molar-refractivity contribution in [2.75, 3.05) is 13.2 Å². The predicted octanol–water partition coefficient (Wildman–Crippen LogP) is 1.31. The van der Waals surface area contributed by atoms with E-state index in [1.54, 1.807) is 18.2 Å². The minimum atomic E-state index is -3.75. The number of carbonyl (C=O) groups is 2. The lowest BCUT2D eigenvalue weighted by molar-refractivity contribution is -0.139. The molecular weight excluding hydrogens is 334 g/mol. The van der Waals surface area contributed by atoms with Crippen LogP contribution in [0.25, 0.3) is 0 Å². The third kappa shape index (κ3) is 4.90. The molecule has 2 N–H and O–H groups in total. The van der Waals surface area contributed by atoms with E-state index in [4.69, 9.17) is 9.84 Å². The Bertz CT molecular complexity index is 815. The maximum Gasteiger partial charge on any atom is 0.341 e. The highest BCUT2D eigenvalue weighted by Crippen LogP contribution is 2.13. The molecule has 0 aliphatic heterocycles. The highest BCUT2D eigenvalue weighted by Gasteiger charge is 2.15. The van der Waals surface area contributed by atoms with Crippen molar-refractivity contribution in [1.29, 1.82) is 0 Å². The predicted molar refractivity (Wildman–Crippen MR) is 85.5 cm³/mol. The van der Waals surface area contributed by atoms with Crippen LogP contribution in [0.15, 0.2) is 59.5 Å². The first-order valence-electron chi connectivity index (χ1n) is 6.91. The van der Waals surface area contributed by atoms with E-state index in [9.17, 15) is 18.0 Å². The first kappa shape index (κ1) is 17.6. The lowest BCUT2D eigenvalue weighted by Crippen LogP contribution is -2.29. The third-order valence-corrected chi connectivity index (χ3v) is 4.43. The fraction of sp³-hybridized carbons (Fsp3) is 0.125. The van der Waals surface area contributed by atoms with Crippen LogP contribution >= 0.6 is 0 Å². The molecule has 0 aromatic heterocycles. The third-order valence-electron chi connectivity index (χ3n) is 3.01. The van der Waals surface area contributed by atoms with Crippen LogP contribution in [0.1, 0.15) is 10.4 Å². The molecule has 8 heteroatoms. The smallest absolute Gasteiger partial charge is 0.341 e. The molecular formula is C16H15NO6S. The normalized spacial score (nSPS) is 11.0. The van der Waals surface area contributed by atoms with Crippen molar-refractivity contribution < 1.29 is 27.9 Å². The molecule has 2 aromatic rings. The SMILES string of the molecule is O=C(O)COc1ccc(C(=O)CNS(=O)(=O)c2ccccc2)cc1. The van der Waals surface area contributed by atoms with Gasteiger partial charge in [0.15, 0.2) is 12.4 Å². The second kappa shape index (κ2) is 7.71. The lowest BCUT2D eigenvalue weighted by Gasteiger charge is -2.07. The second-order valence-electron chi connectivity index (χ2n) is 4.77. The molecule has 2 aromatic carbocycles. The number of carboxylic acids is 1. The fourth-order valence-corrected chi connectivity index (χ4v) is 2.83. The zero-order chi connectivity index (χ0) is 17.6. The molecule has 0 radical (unpaired) electrons. The maximum absolute atomic E-state index is 12.0. The van der Waals surface area contributed by atoms with E-state index in [-0.39, 0.29) is 17.0 Å². The first-order chi connectivity index (χ1) is 11.4. The van der Waals surface area contributed by atoms with Crippen LogP contribution in [0.3, 0.4) is 0 Å². The van der Waals surface area contributed by atoms with E-state index in [0.717, 1.165) is 0 Å². The van der Waals surface area contributed by atoms with Gasteiger partial charge in [-0.25, -0.2) is 17.9 Å². The van der Waals surface area contributed by atoms with Gasteiger partial charge in [0, 0.05) is 5.56 Å². The number of sulfonamides is 1. The van der Waals surface area contributed by atoms with Gasteiger partial charge in [-0.05, 0) is 36.4 Å². The number of hydrogen-bond acceptors (Lipinski definition) is 5. The lowest BCUT2D eigenvalue weighted by atomic mass is 10.1. The molecule has 0 saturated heterocycles. The highest BCUT2D eigenvalue weighted by atomic mass is 32.2. The summed E-state index contributed by atoms with van der Waals surface area (Å²) in [5, 5.41) is 8.51. The highest BCUT2D eigenvalue weighted by molar-refractivity contribution is 7.89. The van der Waals surface area contributed by atoms with Crippen molar-refractivity contribution in [2.45, 2.75) is 4.90 Å². The van der Waals surface area contributed by atoms with E-state index in [2.05, 4.69) is 4.72 Å². The fourth-order valence-electron chi connectivity index (χ4n) is 1.83. The first-order valence-corrected chi connectivity index (χ1v) is 8.39. The topological polar surface area (TPSA) is 110 Å². The van der Waals surface area contributed by atoms with Gasteiger partial charge in [-0.2, -0.15) is 0 Å². The van der Waals surface area contributed by atoms with Gasteiger partial charge in [0.25, 0.3) is 0 Å². The second-order valence-corrected chi connectivity index (χ2v) is 6.53. The molecule has 0 aliphatic rings. The van der Waals surface area contributed by atoms with Gasteiger partial charge in [-0.15, -0.1) is 0 Å². The summed E-state index contributed by atoms with van der Waals surface area (Å²) in [5.74, 6) is -1.22. The zero-order valence-corrected chi connectivity index (χ0v) is 13.3. The van der Waals surface area contributed by atoms with Crippen molar-refractivity contribution in [3.05, 3.63) is 60.2 Å². The number of nitrogens with one attached hydrogen (secondary N) is 1. The molecule has 0 unspecified atom stereocenters. The Labute approximate surface area is 138 Å². The molecule has 24 heavy (non-hydrogen) atoms. The van der Waals surface area contributed by atoms with E-state index in [1.165, 1.54) is 36.4 Å². The van der Waals surface area contributed by atoms with E-state index in [0.29, 0.717) is 5.75 Å². The van der Waals surface area contributed by atoms with Gasteiger partial charge >= 0.3 is 5.97 Å². The Morgan fingerprint density at radius 1 is 1.00 bits per heavy atom. The van der Waals surface area contributed by atoms with E-state index < -0.39 is 28.4 Å².